The third-order valence-electron chi connectivity index (χ3n) is 4.04. The Labute approximate surface area is 168 Å². The molecular formula is C18H23Cl2N3O2S. The number of rotatable bonds is 7. The second-order valence-corrected chi connectivity index (χ2v) is 7.30. The molecule has 2 unspecified atom stereocenters. The Morgan fingerprint density at radius 1 is 1.31 bits per heavy atom. The van der Waals surface area contributed by atoms with Gasteiger partial charge in [0.1, 0.15) is 0 Å². The predicted octanol–water partition coefficient (Wildman–Crippen LogP) is 4.07. The van der Waals surface area contributed by atoms with Crippen LogP contribution in [0, 0.1) is 5.92 Å². The van der Waals surface area contributed by atoms with Gasteiger partial charge in [-0.05, 0) is 35.6 Å². The lowest BCUT2D eigenvalue weighted by Gasteiger charge is -2.18. The molecule has 1 aromatic heterocycles. The van der Waals surface area contributed by atoms with Gasteiger partial charge in [0.05, 0.1) is 23.2 Å². The average molecular weight is 416 g/mol. The number of nitrogens with one attached hydrogen (secondary N) is 2. The molecule has 0 radical (unpaired) electrons. The van der Waals surface area contributed by atoms with Crippen LogP contribution in [0.2, 0.25) is 5.02 Å². The Bertz CT molecular complexity index is 738. The normalized spacial score (nSPS) is 12.6. The number of carbonyl (C=O) groups is 2. The molecule has 2 rings (SSSR count). The van der Waals surface area contributed by atoms with E-state index in [1.54, 1.807) is 29.5 Å². The number of thiophene rings is 1. The van der Waals surface area contributed by atoms with Crippen LogP contribution < -0.4 is 16.4 Å². The van der Waals surface area contributed by atoms with Crippen molar-refractivity contribution < 1.29 is 9.59 Å². The minimum Gasteiger partial charge on any atom is -0.347 e. The molecule has 4 N–H and O–H groups in total. The highest BCUT2D eigenvalue weighted by Crippen LogP contribution is 2.21. The molecule has 0 spiro atoms. The monoisotopic (exact) mass is 415 g/mol. The molecule has 2 atom stereocenters. The third-order valence-corrected chi connectivity index (χ3v) is 5.25. The minimum absolute atomic E-state index is 0. The van der Waals surface area contributed by atoms with Crippen molar-refractivity contribution in [1.82, 2.24) is 5.32 Å². The van der Waals surface area contributed by atoms with Gasteiger partial charge in [-0.2, -0.15) is 0 Å². The first-order chi connectivity index (χ1) is 11.9. The summed E-state index contributed by atoms with van der Waals surface area (Å²) in [5, 5.41) is 7.85. The van der Waals surface area contributed by atoms with Crippen LogP contribution >= 0.6 is 35.3 Å². The summed E-state index contributed by atoms with van der Waals surface area (Å²) in [6.45, 7) is 4.34. The van der Waals surface area contributed by atoms with E-state index in [2.05, 4.69) is 10.6 Å². The second kappa shape index (κ2) is 10.5. The van der Waals surface area contributed by atoms with E-state index in [1.165, 1.54) is 0 Å². The Balaban J connectivity index is 0.00000338. The van der Waals surface area contributed by atoms with E-state index in [0.717, 1.165) is 11.3 Å². The molecule has 142 valence electrons. The fraction of sp³-hybridized carbons (Fsp3) is 0.333. The van der Waals surface area contributed by atoms with Gasteiger partial charge in [0.15, 0.2) is 0 Å². The Morgan fingerprint density at radius 2 is 2.04 bits per heavy atom. The zero-order valence-corrected chi connectivity index (χ0v) is 17.0. The van der Waals surface area contributed by atoms with Crippen LogP contribution in [-0.4, -0.2) is 17.9 Å². The van der Waals surface area contributed by atoms with Gasteiger partial charge in [-0.15, -0.1) is 23.7 Å². The van der Waals surface area contributed by atoms with Crippen molar-refractivity contribution in [3.05, 3.63) is 51.2 Å². The molecule has 0 bridgehead atoms. The number of anilines is 1. The van der Waals surface area contributed by atoms with Gasteiger partial charge in [-0.25, -0.2) is 0 Å². The fourth-order valence-corrected chi connectivity index (χ4v) is 3.04. The van der Waals surface area contributed by atoms with E-state index in [9.17, 15) is 9.59 Å². The number of amides is 2. The highest BCUT2D eigenvalue weighted by atomic mass is 35.5. The molecule has 26 heavy (non-hydrogen) atoms. The largest absolute Gasteiger partial charge is 0.347 e. The molecule has 8 heteroatoms. The van der Waals surface area contributed by atoms with Gasteiger partial charge in [-0.1, -0.05) is 37.9 Å². The molecule has 1 aromatic carbocycles. The number of carbonyl (C=O) groups excluding carboxylic acids is 2. The summed E-state index contributed by atoms with van der Waals surface area (Å²) in [4.78, 5) is 25.6. The van der Waals surface area contributed by atoms with E-state index in [0.29, 0.717) is 22.8 Å². The maximum Gasteiger partial charge on any atom is 0.253 e. The van der Waals surface area contributed by atoms with Crippen LogP contribution in [0.1, 0.15) is 35.5 Å². The van der Waals surface area contributed by atoms with Crippen molar-refractivity contribution in [3.63, 3.8) is 0 Å². The molecule has 0 aliphatic rings. The smallest absolute Gasteiger partial charge is 0.253 e. The number of halogens is 2. The van der Waals surface area contributed by atoms with Crippen molar-refractivity contribution in [2.75, 3.05) is 5.32 Å². The predicted molar refractivity (Wildman–Crippen MR) is 110 cm³/mol. The summed E-state index contributed by atoms with van der Waals surface area (Å²) in [5.74, 6) is -0.497. The van der Waals surface area contributed by atoms with Gasteiger partial charge >= 0.3 is 0 Å². The molecule has 0 aliphatic heterocycles. The first kappa shape index (κ1) is 22.4. The summed E-state index contributed by atoms with van der Waals surface area (Å²) in [5.41, 5.74) is 6.74. The molecule has 0 aliphatic carbocycles. The average Bonchev–Trinajstić information content (AvgIpc) is 3.13. The second-order valence-electron chi connectivity index (χ2n) is 5.86. The van der Waals surface area contributed by atoms with Crippen molar-refractivity contribution in [2.24, 2.45) is 11.7 Å². The molecule has 2 aromatic rings. The summed E-state index contributed by atoms with van der Waals surface area (Å²) in [6, 6.07) is 8.07. The number of benzene rings is 1. The zero-order chi connectivity index (χ0) is 18.4. The summed E-state index contributed by atoms with van der Waals surface area (Å²) in [6.07, 6.45) is 0.811. The zero-order valence-electron chi connectivity index (χ0n) is 14.6. The van der Waals surface area contributed by atoms with Crippen molar-refractivity contribution in [2.45, 2.75) is 32.9 Å². The highest BCUT2D eigenvalue weighted by Gasteiger charge is 2.20. The minimum atomic E-state index is -0.600. The topological polar surface area (TPSA) is 84.2 Å². The molecule has 0 saturated carbocycles. The molecule has 2 amide bonds. The molecule has 0 fully saturated rings. The van der Waals surface area contributed by atoms with Gasteiger partial charge in [0.2, 0.25) is 5.91 Å². The first-order valence-corrected chi connectivity index (χ1v) is 9.34. The van der Waals surface area contributed by atoms with Crippen LogP contribution in [-0.2, 0) is 11.3 Å². The molecule has 0 saturated heterocycles. The lowest BCUT2D eigenvalue weighted by atomic mass is 9.99. The summed E-state index contributed by atoms with van der Waals surface area (Å²) in [7, 11) is 0. The van der Waals surface area contributed by atoms with E-state index in [4.69, 9.17) is 17.3 Å². The number of hydrogen-bond donors (Lipinski definition) is 3. The Kier molecular flexibility index (Phi) is 9.08. The van der Waals surface area contributed by atoms with Gasteiger partial charge in [0.25, 0.3) is 5.91 Å². The maximum absolute atomic E-state index is 12.4. The summed E-state index contributed by atoms with van der Waals surface area (Å²) < 4.78 is 0. The first-order valence-electron chi connectivity index (χ1n) is 8.09. The lowest BCUT2D eigenvalue weighted by molar-refractivity contribution is -0.118. The van der Waals surface area contributed by atoms with Crippen molar-refractivity contribution in [3.8, 4) is 0 Å². The highest BCUT2D eigenvalue weighted by molar-refractivity contribution is 7.09. The van der Waals surface area contributed by atoms with Crippen LogP contribution in [0.3, 0.4) is 0 Å². The van der Waals surface area contributed by atoms with Gasteiger partial charge in [-0.3, -0.25) is 9.59 Å². The Morgan fingerprint density at radius 3 is 2.65 bits per heavy atom. The maximum atomic E-state index is 12.4. The van der Waals surface area contributed by atoms with Crippen LogP contribution in [0.15, 0.2) is 35.7 Å². The van der Waals surface area contributed by atoms with E-state index in [1.807, 2.05) is 31.4 Å². The number of hydrogen-bond acceptors (Lipinski definition) is 4. The van der Waals surface area contributed by atoms with E-state index >= 15 is 0 Å². The SMILES string of the molecule is CCC(C)C(N)C(=O)Nc1ccc(Cl)c(C(=O)NCc2cccs2)c1.Cl. The van der Waals surface area contributed by atoms with Crippen LogP contribution in [0.5, 0.6) is 0 Å². The van der Waals surface area contributed by atoms with E-state index in [-0.39, 0.29) is 30.1 Å². The Hall–Kier alpha value is -1.60. The third kappa shape index (κ3) is 5.99. The van der Waals surface area contributed by atoms with Crippen molar-refractivity contribution in [1.29, 1.82) is 0 Å². The fourth-order valence-electron chi connectivity index (χ4n) is 2.19. The van der Waals surface area contributed by atoms with Gasteiger partial charge < -0.3 is 16.4 Å². The quantitative estimate of drug-likeness (QED) is 0.636. The molecular weight excluding hydrogens is 393 g/mol. The number of nitrogens with two attached hydrogens (primary N) is 1. The van der Waals surface area contributed by atoms with Crippen molar-refractivity contribution >= 4 is 52.8 Å². The lowest BCUT2D eigenvalue weighted by Crippen LogP contribution is -2.40. The van der Waals surface area contributed by atoms with Gasteiger partial charge in [0, 0.05) is 10.6 Å². The molecule has 1 heterocycles. The standard InChI is InChI=1S/C18H22ClN3O2S.ClH/c1-3-11(2)16(20)18(24)22-12-6-7-15(19)14(9-12)17(23)21-10-13-5-4-8-25-13;/h4-9,11,16H,3,10,20H2,1-2H3,(H,21,23)(H,22,24);1H. The summed E-state index contributed by atoms with van der Waals surface area (Å²) >= 11 is 7.69. The molecule has 5 nitrogen and oxygen atoms in total. The van der Waals surface area contributed by atoms with Crippen LogP contribution in [0.25, 0.3) is 0 Å². The van der Waals surface area contributed by atoms with Crippen LogP contribution in [0.4, 0.5) is 5.69 Å². The van der Waals surface area contributed by atoms with E-state index < -0.39 is 6.04 Å².